The molecule has 0 fully saturated rings. The summed E-state index contributed by atoms with van der Waals surface area (Å²) in [6.45, 7) is 1.84. The average Bonchev–Trinajstić information content (AvgIpc) is 2.73. The molecule has 10 N–H and O–H groups in total. The Balaban J connectivity index is 5.09. The van der Waals surface area contributed by atoms with Gasteiger partial charge in [-0.25, -0.2) is 4.79 Å². The van der Waals surface area contributed by atoms with Crippen LogP contribution in [0.1, 0.15) is 45.4 Å². The summed E-state index contributed by atoms with van der Waals surface area (Å²) in [7, 11) is 0. The van der Waals surface area contributed by atoms with E-state index in [1.165, 1.54) is 6.92 Å². The van der Waals surface area contributed by atoms with Crippen LogP contribution in [-0.4, -0.2) is 77.4 Å². The third-order valence-corrected chi connectivity index (χ3v) is 5.24. The summed E-state index contributed by atoms with van der Waals surface area (Å²) in [5.74, 6) is -3.15. The van der Waals surface area contributed by atoms with Gasteiger partial charge in [0.15, 0.2) is 0 Å². The van der Waals surface area contributed by atoms with E-state index in [-0.39, 0.29) is 19.3 Å². The second kappa shape index (κ2) is 16.3. The van der Waals surface area contributed by atoms with E-state index in [1.54, 1.807) is 11.8 Å². The van der Waals surface area contributed by atoms with Crippen molar-refractivity contribution in [2.75, 3.05) is 18.6 Å². The standard InChI is InChI=1S/C19H36N6O6S/c1-11(23-17(28)12(21)8-10-32-2)16(27)24-13(5-3-4-9-20)18(29)25-14(19(30)31)6-7-15(22)26/h11-14H,3-10,20-21H2,1-2H3,(H2,22,26)(H,23,28)(H,24,27)(H,25,29)(H,30,31). The maximum atomic E-state index is 12.7. The molecule has 184 valence electrons. The van der Waals surface area contributed by atoms with E-state index in [0.29, 0.717) is 31.6 Å². The Morgan fingerprint density at radius 1 is 0.906 bits per heavy atom. The number of nitrogens with one attached hydrogen (secondary N) is 3. The molecule has 4 amide bonds. The summed E-state index contributed by atoms with van der Waals surface area (Å²) < 4.78 is 0. The number of carboxylic acids is 1. The number of rotatable bonds is 17. The number of amides is 4. The predicted octanol–water partition coefficient (Wildman–Crippen LogP) is -1.98. The van der Waals surface area contributed by atoms with Gasteiger partial charge in [-0.3, -0.25) is 19.2 Å². The second-order valence-corrected chi connectivity index (χ2v) is 8.35. The number of aliphatic carboxylic acids is 1. The van der Waals surface area contributed by atoms with Crippen LogP contribution >= 0.6 is 11.8 Å². The van der Waals surface area contributed by atoms with Crippen LogP contribution in [0.2, 0.25) is 0 Å². The molecule has 0 aromatic rings. The third-order valence-electron chi connectivity index (χ3n) is 4.60. The van der Waals surface area contributed by atoms with Crippen molar-refractivity contribution >= 4 is 41.4 Å². The van der Waals surface area contributed by atoms with Crippen molar-refractivity contribution in [3.63, 3.8) is 0 Å². The van der Waals surface area contributed by atoms with E-state index >= 15 is 0 Å². The molecule has 0 rings (SSSR count). The van der Waals surface area contributed by atoms with Crippen molar-refractivity contribution in [2.24, 2.45) is 17.2 Å². The maximum Gasteiger partial charge on any atom is 0.326 e. The van der Waals surface area contributed by atoms with Crippen LogP contribution in [0.5, 0.6) is 0 Å². The number of hydrogen-bond acceptors (Lipinski definition) is 8. The number of carboxylic acid groups (broad SMARTS) is 1. The van der Waals surface area contributed by atoms with E-state index in [2.05, 4.69) is 16.0 Å². The van der Waals surface area contributed by atoms with Crippen LogP contribution < -0.4 is 33.2 Å². The molecule has 0 saturated heterocycles. The van der Waals surface area contributed by atoms with E-state index in [0.717, 1.165) is 0 Å². The summed E-state index contributed by atoms with van der Waals surface area (Å²) in [6, 6.07) is -4.11. The molecule has 4 unspecified atom stereocenters. The Kier molecular flexibility index (Phi) is 15.1. The Morgan fingerprint density at radius 2 is 1.53 bits per heavy atom. The monoisotopic (exact) mass is 476 g/mol. The summed E-state index contributed by atoms with van der Waals surface area (Å²) in [5, 5.41) is 16.7. The van der Waals surface area contributed by atoms with Gasteiger partial charge in [0.1, 0.15) is 18.1 Å². The van der Waals surface area contributed by atoms with Crippen LogP contribution in [0.25, 0.3) is 0 Å². The normalized spacial score (nSPS) is 14.5. The number of thioether (sulfide) groups is 1. The van der Waals surface area contributed by atoms with Crippen LogP contribution in [0.4, 0.5) is 0 Å². The number of unbranched alkanes of at least 4 members (excludes halogenated alkanes) is 1. The zero-order valence-electron chi connectivity index (χ0n) is 18.6. The van der Waals surface area contributed by atoms with Gasteiger partial charge in [-0.2, -0.15) is 11.8 Å². The first kappa shape index (κ1) is 29.6. The molecule has 0 spiro atoms. The van der Waals surface area contributed by atoms with Crippen molar-refractivity contribution in [3.05, 3.63) is 0 Å². The minimum Gasteiger partial charge on any atom is -0.480 e. The first-order valence-corrected chi connectivity index (χ1v) is 11.8. The fourth-order valence-corrected chi connectivity index (χ4v) is 3.13. The maximum absolute atomic E-state index is 12.7. The molecule has 4 atom stereocenters. The molecular formula is C19H36N6O6S. The summed E-state index contributed by atoms with van der Waals surface area (Å²) in [6.07, 6.45) is 3.26. The Morgan fingerprint density at radius 3 is 2.06 bits per heavy atom. The SMILES string of the molecule is CSCCC(N)C(=O)NC(C)C(=O)NC(CCCCN)C(=O)NC(CCC(N)=O)C(=O)O. The highest BCUT2D eigenvalue weighted by molar-refractivity contribution is 7.98. The third kappa shape index (κ3) is 12.5. The lowest BCUT2D eigenvalue weighted by Gasteiger charge is -2.23. The Hall–Kier alpha value is -2.38. The van der Waals surface area contributed by atoms with Crippen molar-refractivity contribution in [3.8, 4) is 0 Å². The Bertz CT molecular complexity index is 650. The lowest BCUT2D eigenvalue weighted by atomic mass is 10.1. The molecule has 0 bridgehead atoms. The highest BCUT2D eigenvalue weighted by atomic mass is 32.2. The molecule has 0 aromatic heterocycles. The van der Waals surface area contributed by atoms with Crippen LogP contribution in [0.15, 0.2) is 0 Å². The molecule has 0 aromatic carbocycles. The quantitative estimate of drug-likeness (QED) is 0.115. The van der Waals surface area contributed by atoms with Crippen molar-refractivity contribution in [1.82, 2.24) is 16.0 Å². The molecule has 12 nitrogen and oxygen atoms in total. The zero-order chi connectivity index (χ0) is 24.7. The van der Waals surface area contributed by atoms with E-state index in [4.69, 9.17) is 17.2 Å². The molecule has 0 heterocycles. The van der Waals surface area contributed by atoms with Gasteiger partial charge in [-0.15, -0.1) is 0 Å². The topological polar surface area (TPSA) is 220 Å². The van der Waals surface area contributed by atoms with E-state index in [9.17, 15) is 29.1 Å². The van der Waals surface area contributed by atoms with Crippen molar-refractivity contribution < 1.29 is 29.1 Å². The molecule has 32 heavy (non-hydrogen) atoms. The van der Waals surface area contributed by atoms with Gasteiger partial charge >= 0.3 is 5.97 Å². The Labute approximate surface area is 192 Å². The van der Waals surface area contributed by atoms with Gasteiger partial charge < -0.3 is 38.3 Å². The van der Waals surface area contributed by atoms with Gasteiger partial charge in [0.2, 0.25) is 23.6 Å². The lowest BCUT2D eigenvalue weighted by Crippen LogP contribution is -2.56. The smallest absolute Gasteiger partial charge is 0.326 e. The first-order valence-electron chi connectivity index (χ1n) is 10.4. The fourth-order valence-electron chi connectivity index (χ4n) is 2.64. The number of nitrogens with two attached hydrogens (primary N) is 3. The highest BCUT2D eigenvalue weighted by Gasteiger charge is 2.28. The van der Waals surface area contributed by atoms with Gasteiger partial charge in [-0.1, -0.05) is 0 Å². The summed E-state index contributed by atoms with van der Waals surface area (Å²) in [5.41, 5.74) is 16.3. The number of primary amides is 1. The average molecular weight is 477 g/mol. The fraction of sp³-hybridized carbons (Fsp3) is 0.737. The summed E-state index contributed by atoms with van der Waals surface area (Å²) in [4.78, 5) is 59.6. The molecular weight excluding hydrogens is 440 g/mol. The minimum atomic E-state index is -1.34. The van der Waals surface area contributed by atoms with Gasteiger partial charge in [0.25, 0.3) is 0 Å². The predicted molar refractivity (Wildman–Crippen MR) is 121 cm³/mol. The van der Waals surface area contributed by atoms with E-state index < -0.39 is 53.8 Å². The summed E-state index contributed by atoms with van der Waals surface area (Å²) >= 11 is 1.55. The first-order chi connectivity index (χ1) is 15.0. The second-order valence-electron chi connectivity index (χ2n) is 7.37. The van der Waals surface area contributed by atoms with Gasteiger partial charge in [0.05, 0.1) is 6.04 Å². The lowest BCUT2D eigenvalue weighted by molar-refractivity contribution is -0.142. The largest absolute Gasteiger partial charge is 0.480 e. The van der Waals surface area contributed by atoms with E-state index in [1.807, 2.05) is 6.26 Å². The molecule has 0 aliphatic rings. The highest BCUT2D eigenvalue weighted by Crippen LogP contribution is 2.05. The van der Waals surface area contributed by atoms with Crippen molar-refractivity contribution in [1.29, 1.82) is 0 Å². The molecule has 0 radical (unpaired) electrons. The molecule has 0 aliphatic carbocycles. The number of carbonyl (C=O) groups excluding carboxylic acids is 4. The zero-order valence-corrected chi connectivity index (χ0v) is 19.4. The van der Waals surface area contributed by atoms with Crippen molar-refractivity contribution in [2.45, 2.75) is 69.6 Å². The number of carbonyl (C=O) groups is 5. The molecule has 0 aliphatic heterocycles. The van der Waals surface area contributed by atoms with Crippen LogP contribution in [0.3, 0.4) is 0 Å². The van der Waals surface area contributed by atoms with Crippen LogP contribution in [0, 0.1) is 0 Å². The van der Waals surface area contributed by atoms with Gasteiger partial charge in [-0.05, 0) is 57.6 Å². The minimum absolute atomic E-state index is 0.180. The molecule has 13 heteroatoms. The van der Waals surface area contributed by atoms with Gasteiger partial charge in [0, 0.05) is 6.42 Å². The van der Waals surface area contributed by atoms with Crippen LogP contribution in [-0.2, 0) is 24.0 Å². The molecule has 0 saturated carbocycles. The number of hydrogen-bond donors (Lipinski definition) is 7.